The highest BCUT2D eigenvalue weighted by molar-refractivity contribution is 7.09. The van der Waals surface area contributed by atoms with Crippen LogP contribution in [0, 0.1) is 0 Å². The Labute approximate surface area is 123 Å². The van der Waals surface area contributed by atoms with Gasteiger partial charge in [-0.25, -0.2) is 4.98 Å². The molecule has 2 aromatic heterocycles. The Morgan fingerprint density at radius 3 is 2.80 bits per heavy atom. The molecule has 2 aromatic rings. The van der Waals surface area contributed by atoms with Gasteiger partial charge in [-0.3, -0.25) is 4.90 Å². The molecule has 0 amide bonds. The second-order valence-electron chi connectivity index (χ2n) is 5.67. The van der Waals surface area contributed by atoms with Crippen molar-refractivity contribution in [3.05, 3.63) is 28.7 Å². The Morgan fingerprint density at radius 1 is 1.35 bits per heavy atom. The van der Waals surface area contributed by atoms with Gasteiger partial charge in [0.05, 0.1) is 6.54 Å². The second kappa shape index (κ2) is 6.01. The van der Waals surface area contributed by atoms with Gasteiger partial charge in [-0.15, -0.1) is 21.5 Å². The van der Waals surface area contributed by atoms with E-state index in [1.807, 2.05) is 17.9 Å². The van der Waals surface area contributed by atoms with Crippen LogP contribution >= 0.6 is 11.3 Å². The summed E-state index contributed by atoms with van der Waals surface area (Å²) in [6.45, 7) is 7.60. The zero-order valence-corrected chi connectivity index (χ0v) is 12.9. The molecule has 1 saturated heterocycles. The molecule has 1 fully saturated rings. The lowest BCUT2D eigenvalue weighted by molar-refractivity contribution is 0.199. The molecule has 0 aromatic carbocycles. The Hall–Kier alpha value is -1.27. The third kappa shape index (κ3) is 2.91. The van der Waals surface area contributed by atoms with Gasteiger partial charge in [0.25, 0.3) is 0 Å². The number of rotatable bonds is 4. The maximum atomic E-state index is 4.37. The quantitative estimate of drug-likeness (QED) is 0.869. The molecule has 1 aliphatic heterocycles. The molecule has 1 aliphatic rings. The minimum Gasteiger partial charge on any atom is -0.315 e. The summed E-state index contributed by atoms with van der Waals surface area (Å²) < 4.78 is 2.21. The number of hydrogen-bond donors (Lipinski definition) is 0. The van der Waals surface area contributed by atoms with E-state index in [0.29, 0.717) is 12.0 Å². The summed E-state index contributed by atoms with van der Waals surface area (Å²) in [5, 5.41) is 11.7. The molecular weight excluding hydrogens is 270 g/mol. The molecule has 3 rings (SSSR count). The predicted molar refractivity (Wildman–Crippen MR) is 79.8 cm³/mol. The van der Waals surface area contributed by atoms with Crippen LogP contribution in [0.2, 0.25) is 0 Å². The number of piperidine rings is 1. The van der Waals surface area contributed by atoms with Gasteiger partial charge in [0.15, 0.2) is 0 Å². The molecule has 0 bridgehead atoms. The summed E-state index contributed by atoms with van der Waals surface area (Å²) in [6, 6.07) is 0.438. The molecule has 6 heteroatoms. The SMILES string of the molecule is CC(C)n1cnnc1C1CCN(Cc2nccs2)CC1. The number of nitrogens with zero attached hydrogens (tertiary/aromatic N) is 5. The third-order valence-corrected chi connectivity index (χ3v) is 4.72. The van der Waals surface area contributed by atoms with Crippen molar-refractivity contribution in [2.75, 3.05) is 13.1 Å². The van der Waals surface area contributed by atoms with Crippen LogP contribution in [0.25, 0.3) is 0 Å². The Morgan fingerprint density at radius 2 is 2.15 bits per heavy atom. The van der Waals surface area contributed by atoms with E-state index in [9.17, 15) is 0 Å². The van der Waals surface area contributed by atoms with E-state index >= 15 is 0 Å². The zero-order valence-electron chi connectivity index (χ0n) is 12.1. The number of aromatic nitrogens is 4. The van der Waals surface area contributed by atoms with E-state index in [2.05, 4.69) is 38.5 Å². The van der Waals surface area contributed by atoms with Gasteiger partial charge in [0, 0.05) is 23.5 Å². The fraction of sp³-hybridized carbons (Fsp3) is 0.643. The van der Waals surface area contributed by atoms with Crippen LogP contribution in [0.1, 0.15) is 49.5 Å². The third-order valence-electron chi connectivity index (χ3n) is 3.95. The molecule has 0 spiro atoms. The van der Waals surface area contributed by atoms with E-state index in [1.165, 1.54) is 5.01 Å². The van der Waals surface area contributed by atoms with Crippen LogP contribution < -0.4 is 0 Å². The highest BCUT2D eigenvalue weighted by Crippen LogP contribution is 2.28. The first-order valence-electron chi connectivity index (χ1n) is 7.24. The average molecular weight is 291 g/mol. The summed E-state index contributed by atoms with van der Waals surface area (Å²) >= 11 is 1.74. The van der Waals surface area contributed by atoms with Crippen LogP contribution in [0.15, 0.2) is 17.9 Å². The van der Waals surface area contributed by atoms with Crippen molar-refractivity contribution in [1.29, 1.82) is 0 Å². The number of likely N-dealkylation sites (tertiary alicyclic amines) is 1. The van der Waals surface area contributed by atoms with Crippen LogP contribution in [-0.2, 0) is 6.54 Å². The fourth-order valence-electron chi connectivity index (χ4n) is 2.81. The molecule has 5 nitrogen and oxygen atoms in total. The Kier molecular flexibility index (Phi) is 4.12. The standard InChI is InChI=1S/C14H21N5S/c1-11(2)19-10-16-17-14(19)12-3-6-18(7-4-12)9-13-15-5-8-20-13/h5,8,10-12H,3-4,6-7,9H2,1-2H3. The summed E-state index contributed by atoms with van der Waals surface area (Å²) in [5.41, 5.74) is 0. The molecule has 0 atom stereocenters. The molecule has 0 saturated carbocycles. The van der Waals surface area contributed by atoms with E-state index in [-0.39, 0.29) is 0 Å². The van der Waals surface area contributed by atoms with Crippen molar-refractivity contribution in [1.82, 2.24) is 24.6 Å². The highest BCUT2D eigenvalue weighted by atomic mass is 32.1. The average Bonchev–Trinajstić information content (AvgIpc) is 3.10. The van der Waals surface area contributed by atoms with Gasteiger partial charge in [-0.2, -0.15) is 0 Å². The second-order valence-corrected chi connectivity index (χ2v) is 6.65. The molecule has 108 valence electrons. The highest BCUT2D eigenvalue weighted by Gasteiger charge is 2.25. The lowest BCUT2D eigenvalue weighted by Crippen LogP contribution is -2.33. The van der Waals surface area contributed by atoms with Crippen molar-refractivity contribution < 1.29 is 0 Å². The van der Waals surface area contributed by atoms with E-state index in [1.54, 1.807) is 11.3 Å². The first-order chi connectivity index (χ1) is 9.74. The van der Waals surface area contributed by atoms with Gasteiger partial charge in [0.1, 0.15) is 17.2 Å². The van der Waals surface area contributed by atoms with Crippen molar-refractivity contribution in [2.45, 2.75) is 45.2 Å². The number of hydrogen-bond acceptors (Lipinski definition) is 5. The van der Waals surface area contributed by atoms with Gasteiger partial charge in [0.2, 0.25) is 0 Å². The van der Waals surface area contributed by atoms with Gasteiger partial charge >= 0.3 is 0 Å². The summed E-state index contributed by atoms with van der Waals surface area (Å²) in [5.74, 6) is 1.71. The summed E-state index contributed by atoms with van der Waals surface area (Å²) in [6.07, 6.45) is 6.08. The van der Waals surface area contributed by atoms with Gasteiger partial charge in [-0.1, -0.05) is 0 Å². The molecule has 0 N–H and O–H groups in total. The van der Waals surface area contributed by atoms with Gasteiger partial charge in [-0.05, 0) is 39.8 Å². The summed E-state index contributed by atoms with van der Waals surface area (Å²) in [7, 11) is 0. The normalized spacial score (nSPS) is 17.9. The Bertz CT molecular complexity index is 526. The minimum atomic E-state index is 0.438. The molecule has 0 unspecified atom stereocenters. The zero-order chi connectivity index (χ0) is 13.9. The smallest absolute Gasteiger partial charge is 0.136 e. The maximum Gasteiger partial charge on any atom is 0.136 e. The lowest BCUT2D eigenvalue weighted by atomic mass is 9.95. The first kappa shape index (κ1) is 13.7. The van der Waals surface area contributed by atoms with Gasteiger partial charge < -0.3 is 4.57 Å². The molecule has 3 heterocycles. The molecule has 20 heavy (non-hydrogen) atoms. The van der Waals surface area contributed by atoms with Crippen molar-refractivity contribution >= 4 is 11.3 Å². The van der Waals surface area contributed by atoms with E-state index in [0.717, 1.165) is 38.3 Å². The van der Waals surface area contributed by atoms with Crippen molar-refractivity contribution in [3.8, 4) is 0 Å². The molecule has 0 aliphatic carbocycles. The van der Waals surface area contributed by atoms with E-state index < -0.39 is 0 Å². The topological polar surface area (TPSA) is 46.8 Å². The largest absolute Gasteiger partial charge is 0.315 e. The first-order valence-corrected chi connectivity index (χ1v) is 8.12. The minimum absolute atomic E-state index is 0.438. The van der Waals surface area contributed by atoms with Crippen LogP contribution in [-0.4, -0.2) is 37.7 Å². The maximum absolute atomic E-state index is 4.37. The van der Waals surface area contributed by atoms with Crippen LogP contribution in [0.4, 0.5) is 0 Å². The monoisotopic (exact) mass is 291 g/mol. The van der Waals surface area contributed by atoms with Crippen LogP contribution in [0.3, 0.4) is 0 Å². The molecule has 0 radical (unpaired) electrons. The lowest BCUT2D eigenvalue weighted by Gasteiger charge is -2.31. The number of thiazole rings is 1. The van der Waals surface area contributed by atoms with Crippen molar-refractivity contribution in [2.24, 2.45) is 0 Å². The van der Waals surface area contributed by atoms with Crippen molar-refractivity contribution in [3.63, 3.8) is 0 Å². The predicted octanol–water partition coefficient (Wildman–Crippen LogP) is 2.70. The van der Waals surface area contributed by atoms with Crippen LogP contribution in [0.5, 0.6) is 0 Å². The molecular formula is C14H21N5S. The fourth-order valence-corrected chi connectivity index (χ4v) is 3.47. The van der Waals surface area contributed by atoms with E-state index in [4.69, 9.17) is 0 Å². The summed E-state index contributed by atoms with van der Waals surface area (Å²) in [4.78, 5) is 6.86. The Balaban J connectivity index is 1.59.